The van der Waals surface area contributed by atoms with Gasteiger partial charge in [0.15, 0.2) is 0 Å². The van der Waals surface area contributed by atoms with Gasteiger partial charge in [-0.15, -0.1) is 0 Å². The first-order valence-corrected chi connectivity index (χ1v) is 9.96. The fraction of sp³-hybridized carbons (Fsp3) is 0.316. The van der Waals surface area contributed by atoms with Crippen molar-refractivity contribution in [3.05, 3.63) is 59.7 Å². The Balaban J connectivity index is 1.57. The van der Waals surface area contributed by atoms with Gasteiger partial charge in [0.25, 0.3) is 0 Å². The highest BCUT2D eigenvalue weighted by molar-refractivity contribution is 7.89. The van der Waals surface area contributed by atoms with Crippen LogP contribution in [0.5, 0.6) is 0 Å². The average molecular weight is 356 g/mol. The lowest BCUT2D eigenvalue weighted by atomic mass is 9.99. The lowest BCUT2D eigenvalue weighted by Crippen LogP contribution is -2.29. The number of anilines is 1. The van der Waals surface area contributed by atoms with Crippen LogP contribution < -0.4 is 5.32 Å². The number of hydrogen-bond acceptors (Lipinski definition) is 3. The fourth-order valence-electron chi connectivity index (χ4n) is 3.61. The summed E-state index contributed by atoms with van der Waals surface area (Å²) in [6.45, 7) is 1.05. The van der Waals surface area contributed by atoms with E-state index < -0.39 is 10.0 Å². The molecule has 0 spiro atoms. The minimum absolute atomic E-state index is 0.0200. The first-order valence-electron chi connectivity index (χ1n) is 8.52. The molecule has 1 saturated heterocycles. The van der Waals surface area contributed by atoms with Crippen molar-refractivity contribution >= 4 is 21.6 Å². The molecule has 0 aliphatic carbocycles. The van der Waals surface area contributed by atoms with Crippen LogP contribution in [0.4, 0.5) is 5.69 Å². The molecule has 5 nitrogen and oxygen atoms in total. The molecule has 0 radical (unpaired) electrons. The molecule has 6 heteroatoms. The van der Waals surface area contributed by atoms with Crippen LogP contribution >= 0.6 is 0 Å². The second-order valence-electron chi connectivity index (χ2n) is 6.63. The van der Waals surface area contributed by atoms with Crippen molar-refractivity contribution < 1.29 is 13.2 Å². The van der Waals surface area contributed by atoms with Crippen LogP contribution in [0.1, 0.15) is 29.9 Å². The number of carbonyl (C=O) groups is 1. The molecule has 130 valence electrons. The van der Waals surface area contributed by atoms with Crippen LogP contribution in [0, 0.1) is 0 Å². The third-order valence-corrected chi connectivity index (χ3v) is 6.89. The second-order valence-corrected chi connectivity index (χ2v) is 8.56. The van der Waals surface area contributed by atoms with Crippen molar-refractivity contribution in [2.24, 2.45) is 0 Å². The number of amides is 1. The third-order valence-electron chi connectivity index (χ3n) is 5.03. The Morgan fingerprint density at radius 2 is 1.84 bits per heavy atom. The van der Waals surface area contributed by atoms with Crippen molar-refractivity contribution in [2.45, 2.75) is 30.1 Å². The number of nitrogens with one attached hydrogen (secondary N) is 1. The Kier molecular flexibility index (Phi) is 4.09. The maximum atomic E-state index is 13.0. The van der Waals surface area contributed by atoms with E-state index in [4.69, 9.17) is 0 Å². The van der Waals surface area contributed by atoms with Gasteiger partial charge >= 0.3 is 0 Å². The summed E-state index contributed by atoms with van der Waals surface area (Å²) < 4.78 is 27.6. The molecular weight excluding hydrogens is 336 g/mol. The molecule has 1 N–H and O–H groups in total. The molecule has 2 aromatic rings. The van der Waals surface area contributed by atoms with E-state index in [1.165, 1.54) is 5.56 Å². The summed E-state index contributed by atoms with van der Waals surface area (Å²) in [6, 6.07) is 15.1. The number of benzene rings is 2. The summed E-state index contributed by atoms with van der Waals surface area (Å²) in [5, 5.41) is 2.79. The smallest absolute Gasteiger partial charge is 0.243 e. The van der Waals surface area contributed by atoms with Crippen LogP contribution in [0.15, 0.2) is 53.4 Å². The number of nitrogens with zero attached hydrogens (tertiary/aromatic N) is 1. The van der Waals surface area contributed by atoms with Crippen molar-refractivity contribution in [1.29, 1.82) is 0 Å². The van der Waals surface area contributed by atoms with Gasteiger partial charge in [0.2, 0.25) is 15.9 Å². The molecule has 4 rings (SSSR count). The summed E-state index contributed by atoms with van der Waals surface area (Å²) in [5.41, 5.74) is 2.80. The van der Waals surface area contributed by atoms with Crippen molar-refractivity contribution in [3.8, 4) is 0 Å². The summed E-state index contributed by atoms with van der Waals surface area (Å²) >= 11 is 0. The van der Waals surface area contributed by atoms with Gasteiger partial charge in [-0.25, -0.2) is 8.42 Å². The lowest BCUT2D eigenvalue weighted by molar-refractivity contribution is -0.116. The molecule has 0 aromatic heterocycles. The normalized spacial score (nSPS) is 21.0. The van der Waals surface area contributed by atoms with Crippen LogP contribution in [0.2, 0.25) is 0 Å². The Hall–Kier alpha value is -2.18. The molecule has 0 unspecified atom stereocenters. The largest absolute Gasteiger partial charge is 0.326 e. The Bertz CT molecular complexity index is 910. The maximum Gasteiger partial charge on any atom is 0.243 e. The van der Waals surface area contributed by atoms with E-state index in [0.717, 1.165) is 17.7 Å². The Morgan fingerprint density at radius 1 is 1.04 bits per heavy atom. The maximum absolute atomic E-state index is 13.0. The SMILES string of the molecule is O=C1CCc2cc(S(=O)(=O)N3CC[C@@H](c4ccccc4)C3)ccc2N1. The van der Waals surface area contributed by atoms with Gasteiger partial charge in [-0.2, -0.15) is 4.31 Å². The van der Waals surface area contributed by atoms with Crippen LogP contribution in [-0.2, 0) is 21.2 Å². The average Bonchev–Trinajstić information content (AvgIpc) is 3.13. The fourth-order valence-corrected chi connectivity index (χ4v) is 5.16. The number of fused-ring (bicyclic) bond motifs is 1. The molecule has 25 heavy (non-hydrogen) atoms. The molecule has 2 aliphatic rings. The molecule has 0 bridgehead atoms. The quantitative estimate of drug-likeness (QED) is 0.920. The van der Waals surface area contributed by atoms with E-state index in [-0.39, 0.29) is 11.8 Å². The minimum atomic E-state index is -3.51. The highest BCUT2D eigenvalue weighted by atomic mass is 32.2. The minimum Gasteiger partial charge on any atom is -0.326 e. The number of rotatable bonds is 3. The zero-order valence-corrected chi connectivity index (χ0v) is 14.6. The molecule has 2 heterocycles. The van der Waals surface area contributed by atoms with Crippen molar-refractivity contribution in [1.82, 2.24) is 4.31 Å². The Morgan fingerprint density at radius 3 is 2.64 bits per heavy atom. The standard InChI is InChI=1S/C19H20N2O3S/c22-19-9-6-15-12-17(7-8-18(15)20-19)25(23,24)21-11-10-16(13-21)14-4-2-1-3-5-14/h1-5,7-8,12,16H,6,9-11,13H2,(H,20,22)/t16-/m1/s1. The lowest BCUT2D eigenvalue weighted by Gasteiger charge is -2.20. The second kappa shape index (κ2) is 6.28. The van der Waals surface area contributed by atoms with E-state index in [1.807, 2.05) is 18.2 Å². The first-order chi connectivity index (χ1) is 12.0. The number of carbonyl (C=O) groups excluding carboxylic acids is 1. The van der Waals surface area contributed by atoms with E-state index in [1.54, 1.807) is 22.5 Å². The van der Waals surface area contributed by atoms with Gasteiger partial charge in [-0.1, -0.05) is 30.3 Å². The van der Waals surface area contributed by atoms with Crippen LogP contribution in [0.3, 0.4) is 0 Å². The zero-order valence-electron chi connectivity index (χ0n) is 13.8. The number of hydrogen-bond donors (Lipinski definition) is 1. The van der Waals surface area contributed by atoms with E-state index in [9.17, 15) is 13.2 Å². The molecular formula is C19H20N2O3S. The first kappa shape index (κ1) is 16.3. The van der Waals surface area contributed by atoms with Gasteiger partial charge < -0.3 is 5.32 Å². The predicted molar refractivity (Wildman–Crippen MR) is 96.0 cm³/mol. The highest BCUT2D eigenvalue weighted by Crippen LogP contribution is 2.32. The van der Waals surface area contributed by atoms with Gasteiger partial charge in [-0.3, -0.25) is 4.79 Å². The monoisotopic (exact) mass is 356 g/mol. The molecule has 2 aliphatic heterocycles. The molecule has 2 aromatic carbocycles. The van der Waals surface area contributed by atoms with Gasteiger partial charge in [0, 0.05) is 25.2 Å². The Labute approximate surface area is 147 Å². The summed E-state index contributed by atoms with van der Waals surface area (Å²) in [5.74, 6) is 0.223. The molecule has 1 fully saturated rings. The topological polar surface area (TPSA) is 66.5 Å². The molecule has 0 saturated carbocycles. The summed E-state index contributed by atoms with van der Waals surface area (Å²) in [7, 11) is -3.51. The van der Waals surface area contributed by atoms with Crippen LogP contribution in [-0.4, -0.2) is 31.7 Å². The van der Waals surface area contributed by atoms with Gasteiger partial charge in [0.05, 0.1) is 4.90 Å². The predicted octanol–water partition coefficient (Wildman–Crippen LogP) is 2.75. The summed E-state index contributed by atoms with van der Waals surface area (Å²) in [4.78, 5) is 11.8. The number of aryl methyl sites for hydroxylation is 1. The highest BCUT2D eigenvalue weighted by Gasteiger charge is 2.33. The van der Waals surface area contributed by atoms with Crippen molar-refractivity contribution in [3.63, 3.8) is 0 Å². The van der Waals surface area contributed by atoms with Crippen molar-refractivity contribution in [2.75, 3.05) is 18.4 Å². The van der Waals surface area contributed by atoms with Gasteiger partial charge in [0.1, 0.15) is 0 Å². The summed E-state index contributed by atoms with van der Waals surface area (Å²) in [6.07, 6.45) is 1.82. The van der Waals surface area contributed by atoms with Crippen LogP contribution in [0.25, 0.3) is 0 Å². The van der Waals surface area contributed by atoms with E-state index in [0.29, 0.717) is 30.8 Å². The number of sulfonamides is 1. The molecule has 1 amide bonds. The third kappa shape index (κ3) is 3.07. The zero-order chi connectivity index (χ0) is 17.4. The van der Waals surface area contributed by atoms with E-state index >= 15 is 0 Å². The molecule has 1 atom stereocenters. The van der Waals surface area contributed by atoms with Gasteiger partial charge in [-0.05, 0) is 48.1 Å². The van der Waals surface area contributed by atoms with E-state index in [2.05, 4.69) is 17.4 Å².